The van der Waals surface area contributed by atoms with E-state index in [2.05, 4.69) is 4.98 Å². The van der Waals surface area contributed by atoms with E-state index in [1.54, 1.807) is 49.5 Å². The highest BCUT2D eigenvalue weighted by Crippen LogP contribution is 2.28. The van der Waals surface area contributed by atoms with Gasteiger partial charge in [-0.25, -0.2) is 4.79 Å². The summed E-state index contributed by atoms with van der Waals surface area (Å²) in [6.45, 7) is 2.22. The highest BCUT2D eigenvalue weighted by atomic mass is 16.5. The molecule has 5 nitrogen and oxygen atoms in total. The Kier molecular flexibility index (Phi) is 4.10. The molecular formula is C18H15NO4. The van der Waals surface area contributed by atoms with Crippen LogP contribution in [0.15, 0.2) is 54.7 Å². The summed E-state index contributed by atoms with van der Waals surface area (Å²) in [5, 5.41) is 0.916. The largest absolute Gasteiger partial charge is 0.460 e. The Morgan fingerprint density at radius 2 is 1.96 bits per heavy atom. The van der Waals surface area contributed by atoms with Crippen LogP contribution >= 0.6 is 0 Å². The van der Waals surface area contributed by atoms with Crippen molar-refractivity contribution in [1.29, 1.82) is 0 Å². The number of rotatable bonds is 5. The average molecular weight is 309 g/mol. The van der Waals surface area contributed by atoms with Crippen LogP contribution in [0, 0.1) is 0 Å². The zero-order valence-electron chi connectivity index (χ0n) is 12.5. The van der Waals surface area contributed by atoms with Crippen molar-refractivity contribution < 1.29 is 19.1 Å². The molecule has 0 spiro atoms. The molecule has 23 heavy (non-hydrogen) atoms. The number of esters is 1. The molecule has 0 amide bonds. The van der Waals surface area contributed by atoms with Crippen molar-refractivity contribution in [1.82, 2.24) is 4.98 Å². The Morgan fingerprint density at radius 3 is 2.70 bits per heavy atom. The van der Waals surface area contributed by atoms with Crippen LogP contribution in [0.5, 0.6) is 5.75 Å². The van der Waals surface area contributed by atoms with Gasteiger partial charge in [0, 0.05) is 28.7 Å². The lowest BCUT2D eigenvalue weighted by atomic mass is 10.1. The third-order valence-electron chi connectivity index (χ3n) is 3.60. The summed E-state index contributed by atoms with van der Waals surface area (Å²) >= 11 is 0. The number of H-pyrrole nitrogens is 1. The molecule has 0 fully saturated rings. The maximum atomic E-state index is 12.1. The number of benzene rings is 2. The zero-order chi connectivity index (χ0) is 16.2. The minimum Gasteiger partial charge on any atom is -0.460 e. The normalized spacial score (nSPS) is 11.9. The molecule has 3 rings (SSSR count). The SMILES string of the molecule is CC(OC=O)c1c[nH]c2cc(OC(=O)c3ccccc3)ccc12. The van der Waals surface area contributed by atoms with Gasteiger partial charge in [0.15, 0.2) is 0 Å². The standard InChI is InChI=1S/C18H15NO4/c1-12(22-11-20)16-10-19-17-9-14(7-8-15(16)17)23-18(21)13-5-3-2-4-6-13/h2-12,19H,1H3. The number of carbonyl (C=O) groups excluding carboxylic acids is 2. The van der Waals surface area contributed by atoms with Gasteiger partial charge < -0.3 is 14.5 Å². The van der Waals surface area contributed by atoms with Crippen LogP contribution in [0.4, 0.5) is 0 Å². The molecule has 0 aliphatic carbocycles. The van der Waals surface area contributed by atoms with Crippen molar-refractivity contribution in [2.75, 3.05) is 0 Å². The van der Waals surface area contributed by atoms with Crippen LogP contribution in [-0.2, 0) is 9.53 Å². The Bertz CT molecular complexity index is 839. The van der Waals surface area contributed by atoms with E-state index in [4.69, 9.17) is 9.47 Å². The average Bonchev–Trinajstić information content (AvgIpc) is 2.99. The summed E-state index contributed by atoms with van der Waals surface area (Å²) in [5.74, 6) is 0.0399. The fourth-order valence-corrected chi connectivity index (χ4v) is 2.42. The Morgan fingerprint density at radius 1 is 1.17 bits per heavy atom. The summed E-state index contributed by atoms with van der Waals surface area (Å²) in [4.78, 5) is 25.6. The molecule has 1 unspecified atom stereocenters. The lowest BCUT2D eigenvalue weighted by Crippen LogP contribution is -2.07. The number of nitrogens with one attached hydrogen (secondary N) is 1. The number of hydrogen-bond acceptors (Lipinski definition) is 4. The van der Waals surface area contributed by atoms with Gasteiger partial charge in [0.25, 0.3) is 6.47 Å². The van der Waals surface area contributed by atoms with E-state index in [1.165, 1.54) is 0 Å². The molecule has 0 saturated heterocycles. The molecule has 1 aromatic heterocycles. The number of ether oxygens (including phenoxy) is 2. The van der Waals surface area contributed by atoms with E-state index < -0.39 is 5.97 Å². The number of fused-ring (bicyclic) bond motifs is 1. The van der Waals surface area contributed by atoms with Crippen LogP contribution in [0.1, 0.15) is 28.9 Å². The van der Waals surface area contributed by atoms with Crippen molar-refractivity contribution in [3.8, 4) is 5.75 Å². The van der Waals surface area contributed by atoms with E-state index in [-0.39, 0.29) is 6.10 Å². The zero-order valence-corrected chi connectivity index (χ0v) is 12.5. The van der Waals surface area contributed by atoms with Gasteiger partial charge in [-0.2, -0.15) is 0 Å². The quantitative estimate of drug-likeness (QED) is 0.444. The highest BCUT2D eigenvalue weighted by Gasteiger charge is 2.14. The molecule has 0 aliphatic rings. The van der Waals surface area contributed by atoms with E-state index in [0.717, 1.165) is 16.5 Å². The number of hydrogen-bond donors (Lipinski definition) is 1. The Balaban J connectivity index is 1.84. The van der Waals surface area contributed by atoms with Crippen LogP contribution in [-0.4, -0.2) is 17.4 Å². The number of carbonyl (C=O) groups is 2. The van der Waals surface area contributed by atoms with Gasteiger partial charge in [-0.15, -0.1) is 0 Å². The molecule has 2 aromatic carbocycles. The number of aromatic nitrogens is 1. The van der Waals surface area contributed by atoms with Gasteiger partial charge in [-0.3, -0.25) is 4.79 Å². The van der Waals surface area contributed by atoms with Crippen LogP contribution < -0.4 is 4.74 Å². The lowest BCUT2D eigenvalue weighted by molar-refractivity contribution is -0.133. The van der Waals surface area contributed by atoms with Gasteiger partial charge >= 0.3 is 5.97 Å². The van der Waals surface area contributed by atoms with Gasteiger partial charge in [-0.05, 0) is 31.2 Å². The molecule has 116 valence electrons. The number of aromatic amines is 1. The third kappa shape index (κ3) is 3.08. The second-order valence-electron chi connectivity index (χ2n) is 5.08. The molecule has 3 aromatic rings. The summed E-state index contributed by atoms with van der Waals surface area (Å²) in [6, 6.07) is 14.1. The molecule has 1 N–H and O–H groups in total. The summed E-state index contributed by atoms with van der Waals surface area (Å²) in [5.41, 5.74) is 2.17. The predicted molar refractivity (Wildman–Crippen MR) is 85.3 cm³/mol. The monoisotopic (exact) mass is 309 g/mol. The fourth-order valence-electron chi connectivity index (χ4n) is 2.42. The summed E-state index contributed by atoms with van der Waals surface area (Å²) < 4.78 is 10.3. The maximum Gasteiger partial charge on any atom is 0.343 e. The first-order valence-electron chi connectivity index (χ1n) is 7.16. The topological polar surface area (TPSA) is 68.4 Å². The van der Waals surface area contributed by atoms with Crippen LogP contribution in [0.2, 0.25) is 0 Å². The molecule has 1 heterocycles. The first kappa shape index (κ1) is 14.8. The third-order valence-corrected chi connectivity index (χ3v) is 3.60. The second kappa shape index (κ2) is 6.36. The minimum atomic E-state index is -0.408. The maximum absolute atomic E-state index is 12.1. The molecule has 0 saturated carbocycles. The predicted octanol–water partition coefficient (Wildman–Crippen LogP) is 3.62. The molecule has 5 heteroatoms. The van der Waals surface area contributed by atoms with E-state index in [0.29, 0.717) is 17.8 Å². The van der Waals surface area contributed by atoms with Crippen molar-refractivity contribution in [2.24, 2.45) is 0 Å². The molecule has 0 aliphatic heterocycles. The molecular weight excluding hydrogens is 294 g/mol. The summed E-state index contributed by atoms with van der Waals surface area (Å²) in [6.07, 6.45) is 1.43. The first-order chi connectivity index (χ1) is 11.2. The Hall–Kier alpha value is -3.08. The molecule has 0 bridgehead atoms. The highest BCUT2D eigenvalue weighted by molar-refractivity contribution is 5.92. The second-order valence-corrected chi connectivity index (χ2v) is 5.08. The molecule has 1 atom stereocenters. The fraction of sp³-hybridized carbons (Fsp3) is 0.111. The van der Waals surface area contributed by atoms with Crippen LogP contribution in [0.25, 0.3) is 10.9 Å². The van der Waals surface area contributed by atoms with Crippen molar-refractivity contribution in [3.05, 3.63) is 65.9 Å². The first-order valence-corrected chi connectivity index (χ1v) is 7.16. The van der Waals surface area contributed by atoms with Crippen LogP contribution in [0.3, 0.4) is 0 Å². The Labute approximate surface area is 132 Å². The lowest BCUT2D eigenvalue weighted by Gasteiger charge is -2.08. The van der Waals surface area contributed by atoms with E-state index in [9.17, 15) is 9.59 Å². The van der Waals surface area contributed by atoms with E-state index >= 15 is 0 Å². The van der Waals surface area contributed by atoms with Gasteiger partial charge in [0.2, 0.25) is 0 Å². The van der Waals surface area contributed by atoms with Gasteiger partial charge in [0.1, 0.15) is 11.9 Å². The van der Waals surface area contributed by atoms with E-state index in [1.807, 2.05) is 12.1 Å². The van der Waals surface area contributed by atoms with Crippen molar-refractivity contribution >= 4 is 23.3 Å². The summed E-state index contributed by atoms with van der Waals surface area (Å²) in [7, 11) is 0. The molecule has 0 radical (unpaired) electrons. The van der Waals surface area contributed by atoms with Gasteiger partial charge in [0.05, 0.1) is 5.56 Å². The van der Waals surface area contributed by atoms with Crippen molar-refractivity contribution in [3.63, 3.8) is 0 Å². The smallest absolute Gasteiger partial charge is 0.343 e. The minimum absolute atomic E-state index is 0.348. The van der Waals surface area contributed by atoms with Crippen molar-refractivity contribution in [2.45, 2.75) is 13.0 Å². The van der Waals surface area contributed by atoms with Gasteiger partial charge in [-0.1, -0.05) is 18.2 Å².